The van der Waals surface area contributed by atoms with Gasteiger partial charge in [-0.1, -0.05) is 19.0 Å². The van der Waals surface area contributed by atoms with E-state index in [1.807, 2.05) is 13.8 Å². The van der Waals surface area contributed by atoms with Gasteiger partial charge in [0, 0.05) is 5.92 Å². The second-order valence-corrected chi connectivity index (χ2v) is 5.69. The second kappa shape index (κ2) is 4.78. The molecule has 2 fully saturated rings. The van der Waals surface area contributed by atoms with Crippen molar-refractivity contribution in [3.63, 3.8) is 0 Å². The molecule has 0 aromatic rings. The predicted molar refractivity (Wildman–Crippen MR) is 69.2 cm³/mol. The lowest BCUT2D eigenvalue weighted by Gasteiger charge is -2.32. The van der Waals surface area contributed by atoms with Gasteiger partial charge in [0.1, 0.15) is 5.54 Å². The summed E-state index contributed by atoms with van der Waals surface area (Å²) in [6, 6.07) is 0. The van der Waals surface area contributed by atoms with Gasteiger partial charge in [-0.2, -0.15) is 0 Å². The maximum Gasteiger partial charge on any atom is 0.223 e. The molecule has 5 nitrogen and oxygen atoms in total. The van der Waals surface area contributed by atoms with E-state index in [-0.39, 0.29) is 17.7 Å². The average molecular weight is 253 g/mol. The highest BCUT2D eigenvalue weighted by Gasteiger charge is 2.49. The Bertz CT molecular complexity index is 353. The lowest BCUT2D eigenvalue weighted by molar-refractivity contribution is -0.126. The number of fused-ring (bicyclic) bond motifs is 1. The van der Waals surface area contributed by atoms with E-state index in [2.05, 4.69) is 10.5 Å². The highest BCUT2D eigenvalue weighted by molar-refractivity contribution is 5.94. The Balaban J connectivity index is 2.02. The Hall–Kier alpha value is -1.26. The average Bonchev–Trinajstić information content (AvgIpc) is 3.01. The third-order valence-corrected chi connectivity index (χ3v) is 4.78. The number of amides is 1. The molecular weight excluding hydrogens is 230 g/mol. The maximum absolute atomic E-state index is 12.3. The van der Waals surface area contributed by atoms with E-state index in [0.29, 0.717) is 12.8 Å². The van der Waals surface area contributed by atoms with E-state index < -0.39 is 5.54 Å². The van der Waals surface area contributed by atoms with Crippen LogP contribution in [0.15, 0.2) is 5.16 Å². The quantitative estimate of drug-likeness (QED) is 0.300. The zero-order chi connectivity index (χ0) is 13.3. The standard InChI is InChI=1S/C13H23N3O2/c1-3-13(4-2,12(14)16-18)15-11(17)10-6-8-5-9(8)7-10/h8-10,18H,3-7H2,1-2H3,(H2,14,16)(H,15,17). The van der Waals surface area contributed by atoms with Gasteiger partial charge >= 0.3 is 0 Å². The number of carbonyl (C=O) groups is 1. The fourth-order valence-electron chi connectivity index (χ4n) is 3.22. The predicted octanol–water partition coefficient (Wildman–Crippen LogP) is 1.45. The Morgan fingerprint density at radius 1 is 1.33 bits per heavy atom. The summed E-state index contributed by atoms with van der Waals surface area (Å²) in [5, 5.41) is 15.0. The molecule has 2 saturated carbocycles. The monoisotopic (exact) mass is 253 g/mol. The number of rotatable bonds is 5. The second-order valence-electron chi connectivity index (χ2n) is 5.69. The van der Waals surface area contributed by atoms with Crippen molar-refractivity contribution in [2.75, 3.05) is 0 Å². The van der Waals surface area contributed by atoms with Crippen LogP contribution >= 0.6 is 0 Å². The molecule has 4 N–H and O–H groups in total. The third-order valence-electron chi connectivity index (χ3n) is 4.78. The molecular formula is C13H23N3O2. The lowest BCUT2D eigenvalue weighted by Crippen LogP contribution is -2.58. The topological polar surface area (TPSA) is 87.7 Å². The van der Waals surface area contributed by atoms with Gasteiger partial charge in [-0.3, -0.25) is 4.79 Å². The van der Waals surface area contributed by atoms with E-state index in [0.717, 1.165) is 24.7 Å². The molecule has 0 bridgehead atoms. The summed E-state index contributed by atoms with van der Waals surface area (Å²) < 4.78 is 0. The number of nitrogens with zero attached hydrogens (tertiary/aromatic N) is 1. The van der Waals surface area contributed by atoms with Crippen molar-refractivity contribution in [1.29, 1.82) is 0 Å². The molecule has 0 aromatic carbocycles. The molecule has 0 aromatic heterocycles. The molecule has 0 radical (unpaired) electrons. The minimum absolute atomic E-state index is 0.0671. The largest absolute Gasteiger partial charge is 0.409 e. The Kier molecular flexibility index (Phi) is 3.50. The van der Waals surface area contributed by atoms with Crippen molar-refractivity contribution in [2.24, 2.45) is 28.6 Å². The van der Waals surface area contributed by atoms with Gasteiger partial charge in [0.15, 0.2) is 5.84 Å². The molecule has 5 heteroatoms. The number of nitrogens with two attached hydrogens (primary N) is 1. The molecule has 102 valence electrons. The summed E-state index contributed by atoms with van der Waals surface area (Å²) in [5.74, 6) is 1.85. The summed E-state index contributed by atoms with van der Waals surface area (Å²) >= 11 is 0. The van der Waals surface area contributed by atoms with E-state index >= 15 is 0 Å². The molecule has 2 aliphatic rings. The first-order chi connectivity index (χ1) is 8.56. The number of oxime groups is 1. The number of nitrogens with one attached hydrogen (secondary N) is 1. The fourth-order valence-corrected chi connectivity index (χ4v) is 3.22. The Morgan fingerprint density at radius 3 is 2.33 bits per heavy atom. The summed E-state index contributed by atoms with van der Waals surface area (Å²) in [7, 11) is 0. The minimum atomic E-state index is -0.696. The highest BCUT2D eigenvalue weighted by Crippen LogP contribution is 2.54. The molecule has 0 spiro atoms. The highest BCUT2D eigenvalue weighted by atomic mass is 16.4. The van der Waals surface area contributed by atoms with Crippen LogP contribution in [0.4, 0.5) is 0 Å². The molecule has 0 saturated heterocycles. The molecule has 2 aliphatic carbocycles. The zero-order valence-corrected chi connectivity index (χ0v) is 11.1. The molecule has 2 rings (SSSR count). The molecule has 0 heterocycles. The zero-order valence-electron chi connectivity index (χ0n) is 11.1. The van der Waals surface area contributed by atoms with Crippen LogP contribution in [0.3, 0.4) is 0 Å². The maximum atomic E-state index is 12.3. The van der Waals surface area contributed by atoms with Crippen LogP contribution in [0.5, 0.6) is 0 Å². The normalized spacial score (nSPS) is 31.0. The molecule has 2 unspecified atom stereocenters. The van der Waals surface area contributed by atoms with Crippen LogP contribution in [0.2, 0.25) is 0 Å². The smallest absolute Gasteiger partial charge is 0.223 e. The minimum Gasteiger partial charge on any atom is -0.409 e. The van der Waals surface area contributed by atoms with Gasteiger partial charge in [0.2, 0.25) is 5.91 Å². The van der Waals surface area contributed by atoms with Crippen molar-refractivity contribution >= 4 is 11.7 Å². The molecule has 18 heavy (non-hydrogen) atoms. The van der Waals surface area contributed by atoms with Crippen LogP contribution in [0.25, 0.3) is 0 Å². The van der Waals surface area contributed by atoms with Crippen LogP contribution < -0.4 is 11.1 Å². The first-order valence-corrected chi connectivity index (χ1v) is 6.86. The van der Waals surface area contributed by atoms with E-state index in [4.69, 9.17) is 10.9 Å². The number of carbonyl (C=O) groups excluding carboxylic acids is 1. The first-order valence-electron chi connectivity index (χ1n) is 6.86. The SMILES string of the molecule is CCC(CC)(NC(=O)C1CC2CC2C1)C(N)=NO. The van der Waals surface area contributed by atoms with E-state index in [1.165, 1.54) is 6.42 Å². The third kappa shape index (κ3) is 2.18. The number of hydrogen-bond acceptors (Lipinski definition) is 3. The van der Waals surface area contributed by atoms with Crippen LogP contribution in [0.1, 0.15) is 46.0 Å². The van der Waals surface area contributed by atoms with Crippen LogP contribution in [0, 0.1) is 17.8 Å². The Labute approximate surface area is 108 Å². The van der Waals surface area contributed by atoms with Crippen molar-refractivity contribution in [3.05, 3.63) is 0 Å². The molecule has 2 atom stereocenters. The van der Waals surface area contributed by atoms with Gasteiger partial charge in [0.05, 0.1) is 0 Å². The van der Waals surface area contributed by atoms with Crippen molar-refractivity contribution < 1.29 is 10.0 Å². The van der Waals surface area contributed by atoms with Gasteiger partial charge < -0.3 is 16.3 Å². The number of amidine groups is 1. The van der Waals surface area contributed by atoms with Gasteiger partial charge in [0.25, 0.3) is 0 Å². The van der Waals surface area contributed by atoms with Crippen molar-refractivity contribution in [2.45, 2.75) is 51.5 Å². The molecule has 1 amide bonds. The summed E-state index contributed by atoms with van der Waals surface area (Å²) in [5.41, 5.74) is 5.05. The molecule has 0 aliphatic heterocycles. The summed E-state index contributed by atoms with van der Waals surface area (Å²) in [4.78, 5) is 12.3. The lowest BCUT2D eigenvalue weighted by atomic mass is 9.90. The van der Waals surface area contributed by atoms with Crippen LogP contribution in [-0.2, 0) is 4.79 Å². The number of hydrogen-bond donors (Lipinski definition) is 3. The van der Waals surface area contributed by atoms with Gasteiger partial charge in [-0.25, -0.2) is 0 Å². The van der Waals surface area contributed by atoms with Crippen molar-refractivity contribution in [3.8, 4) is 0 Å². The Morgan fingerprint density at radius 2 is 1.89 bits per heavy atom. The van der Waals surface area contributed by atoms with Crippen molar-refractivity contribution in [1.82, 2.24) is 5.32 Å². The fraction of sp³-hybridized carbons (Fsp3) is 0.846. The van der Waals surface area contributed by atoms with Gasteiger partial charge in [-0.05, 0) is 43.9 Å². The first kappa shape index (κ1) is 13.2. The van der Waals surface area contributed by atoms with Crippen LogP contribution in [-0.4, -0.2) is 22.5 Å². The van der Waals surface area contributed by atoms with E-state index in [9.17, 15) is 4.79 Å². The summed E-state index contributed by atoms with van der Waals surface area (Å²) in [6.07, 6.45) is 4.58. The summed E-state index contributed by atoms with van der Waals surface area (Å²) in [6.45, 7) is 3.88. The van der Waals surface area contributed by atoms with E-state index in [1.54, 1.807) is 0 Å². The van der Waals surface area contributed by atoms with Gasteiger partial charge in [-0.15, -0.1) is 0 Å².